The van der Waals surface area contributed by atoms with E-state index >= 15 is 0 Å². The van der Waals surface area contributed by atoms with Gasteiger partial charge in [0, 0.05) is 32.6 Å². The molecule has 1 aliphatic heterocycles. The molecule has 1 amide bonds. The maximum Gasteiger partial charge on any atom is 0.255 e. The maximum absolute atomic E-state index is 13.2. The summed E-state index contributed by atoms with van der Waals surface area (Å²) in [7, 11) is 2.01. The molecule has 0 aliphatic carbocycles. The first-order valence-corrected chi connectivity index (χ1v) is 12.0. The van der Waals surface area contributed by atoms with Gasteiger partial charge in [-0.2, -0.15) is 0 Å². The van der Waals surface area contributed by atoms with Crippen LogP contribution >= 0.6 is 0 Å². The molecule has 0 spiro atoms. The van der Waals surface area contributed by atoms with Crippen LogP contribution in [0.5, 0.6) is 5.75 Å². The summed E-state index contributed by atoms with van der Waals surface area (Å²) in [5.74, 6) is 1.49. The Hall–Kier alpha value is -3.16. The van der Waals surface area contributed by atoms with Crippen molar-refractivity contribution in [1.82, 2.24) is 19.8 Å². The number of ether oxygens (including phenoxy) is 2. The predicted molar refractivity (Wildman–Crippen MR) is 132 cm³/mol. The third-order valence-electron chi connectivity index (χ3n) is 6.07. The standard InChI is InChI=1S/C27H34N4O3/c1-30-15-13-28-26(30)20-31-14-7-8-17-33-21-23(19-22-9-3-2-4-10-22)29-27(32)24-11-5-6-12-25(24)34-18-16-31/h2-6,9-13,15,23H,7-8,14,16-21H2,1H3,(H,29,32)/t23-/m0/s1. The van der Waals surface area contributed by atoms with E-state index in [2.05, 4.69) is 27.3 Å². The second kappa shape index (κ2) is 12.3. The zero-order chi connectivity index (χ0) is 23.6. The van der Waals surface area contributed by atoms with Gasteiger partial charge in [-0.1, -0.05) is 42.5 Å². The van der Waals surface area contributed by atoms with Crippen molar-refractivity contribution in [2.24, 2.45) is 7.05 Å². The summed E-state index contributed by atoms with van der Waals surface area (Å²) in [6, 6.07) is 17.5. The Balaban J connectivity index is 1.47. The monoisotopic (exact) mass is 462 g/mol. The molecular weight excluding hydrogens is 428 g/mol. The van der Waals surface area contributed by atoms with Crippen LogP contribution < -0.4 is 10.1 Å². The number of amides is 1. The first kappa shape index (κ1) is 24.0. The van der Waals surface area contributed by atoms with E-state index in [1.54, 1.807) is 0 Å². The van der Waals surface area contributed by atoms with Gasteiger partial charge in [0.15, 0.2) is 0 Å². The molecule has 0 bridgehead atoms. The highest BCUT2D eigenvalue weighted by Gasteiger charge is 2.19. The van der Waals surface area contributed by atoms with Gasteiger partial charge < -0.3 is 19.4 Å². The second-order valence-electron chi connectivity index (χ2n) is 8.72. The van der Waals surface area contributed by atoms with Crippen molar-refractivity contribution in [3.05, 3.63) is 83.9 Å². The average Bonchev–Trinajstić information content (AvgIpc) is 3.25. The second-order valence-corrected chi connectivity index (χ2v) is 8.72. The number of carbonyl (C=O) groups excluding carboxylic acids is 1. The van der Waals surface area contributed by atoms with E-state index in [1.165, 1.54) is 5.56 Å². The van der Waals surface area contributed by atoms with Gasteiger partial charge in [-0.3, -0.25) is 9.69 Å². The number of nitrogens with zero attached hydrogens (tertiary/aromatic N) is 3. The Morgan fingerprint density at radius 3 is 2.68 bits per heavy atom. The number of rotatable bonds is 4. The Morgan fingerprint density at radius 2 is 1.85 bits per heavy atom. The maximum atomic E-state index is 13.2. The lowest BCUT2D eigenvalue weighted by molar-refractivity contribution is 0.0823. The lowest BCUT2D eigenvalue weighted by Gasteiger charge is -2.22. The van der Waals surface area contributed by atoms with Gasteiger partial charge in [0.05, 0.1) is 24.8 Å². The zero-order valence-electron chi connectivity index (χ0n) is 19.9. The van der Waals surface area contributed by atoms with Crippen LogP contribution in [0.3, 0.4) is 0 Å². The van der Waals surface area contributed by atoms with E-state index in [9.17, 15) is 4.79 Å². The fourth-order valence-electron chi connectivity index (χ4n) is 4.16. The van der Waals surface area contributed by atoms with Crippen LogP contribution in [-0.2, 0) is 24.8 Å². The normalized spacial score (nSPS) is 18.7. The van der Waals surface area contributed by atoms with Gasteiger partial charge in [0.2, 0.25) is 0 Å². The number of aromatic nitrogens is 2. The van der Waals surface area contributed by atoms with E-state index in [0.717, 1.165) is 38.3 Å². The molecule has 0 radical (unpaired) electrons. The Morgan fingerprint density at radius 1 is 1.03 bits per heavy atom. The molecule has 0 saturated carbocycles. The van der Waals surface area contributed by atoms with Crippen molar-refractivity contribution in [2.45, 2.75) is 31.8 Å². The number of nitrogens with one attached hydrogen (secondary N) is 1. The molecular formula is C27H34N4O3. The zero-order valence-corrected chi connectivity index (χ0v) is 19.9. The van der Waals surface area contributed by atoms with Gasteiger partial charge in [0.25, 0.3) is 5.91 Å². The third-order valence-corrected chi connectivity index (χ3v) is 6.07. The first-order chi connectivity index (χ1) is 16.7. The van der Waals surface area contributed by atoms with E-state index in [0.29, 0.717) is 37.6 Å². The fraction of sp³-hybridized carbons (Fsp3) is 0.407. The van der Waals surface area contributed by atoms with Crippen molar-refractivity contribution in [1.29, 1.82) is 0 Å². The van der Waals surface area contributed by atoms with Gasteiger partial charge in [-0.15, -0.1) is 0 Å². The summed E-state index contributed by atoms with van der Waals surface area (Å²) >= 11 is 0. The molecule has 1 N–H and O–H groups in total. The quantitative estimate of drug-likeness (QED) is 0.643. The number of fused-ring (bicyclic) bond motifs is 1. The summed E-state index contributed by atoms with van der Waals surface area (Å²) in [6.45, 7) is 4.09. The molecule has 1 aliphatic rings. The molecule has 4 rings (SSSR count). The summed E-state index contributed by atoms with van der Waals surface area (Å²) in [4.78, 5) is 20.0. The summed E-state index contributed by atoms with van der Waals surface area (Å²) in [5.41, 5.74) is 1.72. The molecule has 0 saturated heterocycles. The highest BCUT2D eigenvalue weighted by molar-refractivity contribution is 5.97. The number of imidazole rings is 1. The van der Waals surface area contributed by atoms with Crippen molar-refractivity contribution in [3.8, 4) is 5.75 Å². The van der Waals surface area contributed by atoms with Gasteiger partial charge >= 0.3 is 0 Å². The minimum absolute atomic E-state index is 0.118. The van der Waals surface area contributed by atoms with Gasteiger partial charge in [0.1, 0.15) is 18.2 Å². The SMILES string of the molecule is Cn1ccnc1CN1CCCCOC[C@H](Cc2ccccc2)NC(=O)c2ccccc2OCC1. The van der Waals surface area contributed by atoms with E-state index in [1.807, 2.05) is 66.5 Å². The lowest BCUT2D eigenvalue weighted by Crippen LogP contribution is -2.40. The topological polar surface area (TPSA) is 68.6 Å². The predicted octanol–water partition coefficient (Wildman–Crippen LogP) is 3.45. The van der Waals surface area contributed by atoms with E-state index < -0.39 is 0 Å². The average molecular weight is 463 g/mol. The Kier molecular flexibility index (Phi) is 8.71. The van der Waals surface area contributed by atoms with Crippen LogP contribution in [0, 0.1) is 0 Å². The molecule has 2 heterocycles. The fourth-order valence-corrected chi connectivity index (χ4v) is 4.16. The molecule has 0 fully saturated rings. The minimum atomic E-state index is -0.139. The third kappa shape index (κ3) is 6.92. The number of hydrogen-bond acceptors (Lipinski definition) is 5. The minimum Gasteiger partial charge on any atom is -0.491 e. The molecule has 3 aromatic rings. The molecule has 34 heavy (non-hydrogen) atoms. The van der Waals surface area contributed by atoms with Crippen LogP contribution in [0.15, 0.2) is 67.0 Å². The summed E-state index contributed by atoms with van der Waals surface area (Å²) in [6.07, 6.45) is 6.50. The molecule has 7 nitrogen and oxygen atoms in total. The Labute approximate surface area is 201 Å². The van der Waals surface area contributed by atoms with Crippen molar-refractivity contribution >= 4 is 5.91 Å². The van der Waals surface area contributed by atoms with E-state index in [-0.39, 0.29) is 11.9 Å². The van der Waals surface area contributed by atoms with Crippen LogP contribution in [0.2, 0.25) is 0 Å². The summed E-state index contributed by atoms with van der Waals surface area (Å²) in [5, 5.41) is 3.17. The van der Waals surface area contributed by atoms with Gasteiger partial charge in [-0.05, 0) is 43.5 Å². The molecule has 2 aromatic carbocycles. The smallest absolute Gasteiger partial charge is 0.255 e. The van der Waals surface area contributed by atoms with Gasteiger partial charge in [-0.25, -0.2) is 4.98 Å². The largest absolute Gasteiger partial charge is 0.491 e. The molecule has 0 unspecified atom stereocenters. The van der Waals surface area contributed by atoms with E-state index in [4.69, 9.17) is 9.47 Å². The number of aryl methyl sites for hydroxylation is 1. The van der Waals surface area contributed by atoms with Crippen molar-refractivity contribution in [2.75, 3.05) is 32.9 Å². The molecule has 1 atom stereocenters. The summed E-state index contributed by atoms with van der Waals surface area (Å²) < 4.78 is 14.2. The van der Waals surface area contributed by atoms with Crippen LogP contribution in [0.1, 0.15) is 34.6 Å². The van der Waals surface area contributed by atoms with Crippen LogP contribution in [-0.4, -0.2) is 59.3 Å². The first-order valence-electron chi connectivity index (χ1n) is 12.0. The molecule has 180 valence electrons. The number of carbonyl (C=O) groups is 1. The van der Waals surface area contributed by atoms with Crippen molar-refractivity contribution in [3.63, 3.8) is 0 Å². The number of hydrogen-bond donors (Lipinski definition) is 1. The lowest BCUT2D eigenvalue weighted by atomic mass is 10.1. The van der Waals surface area contributed by atoms with Crippen LogP contribution in [0.25, 0.3) is 0 Å². The highest BCUT2D eigenvalue weighted by Crippen LogP contribution is 2.19. The molecule has 7 heteroatoms. The molecule has 1 aromatic heterocycles. The number of benzene rings is 2. The van der Waals surface area contributed by atoms with Crippen LogP contribution in [0.4, 0.5) is 0 Å². The van der Waals surface area contributed by atoms with Crippen molar-refractivity contribution < 1.29 is 14.3 Å². The Bertz CT molecular complexity index is 1040. The number of para-hydroxylation sites is 1. The highest BCUT2D eigenvalue weighted by atomic mass is 16.5.